The van der Waals surface area contributed by atoms with E-state index in [0.717, 1.165) is 12.1 Å². The summed E-state index contributed by atoms with van der Waals surface area (Å²) in [6, 6.07) is 9.02. The summed E-state index contributed by atoms with van der Waals surface area (Å²) < 4.78 is 53.1. The lowest BCUT2D eigenvalue weighted by Crippen LogP contribution is -2.75. The molecule has 0 aromatic heterocycles. The zero-order valence-corrected chi connectivity index (χ0v) is 22.3. The molecule has 2 fully saturated rings. The zero-order chi connectivity index (χ0) is 28.3. The number of nitrogens with one attached hydrogen (secondary N) is 1. The van der Waals surface area contributed by atoms with Gasteiger partial charge in [0.15, 0.2) is 0 Å². The molecule has 0 spiro atoms. The third-order valence-electron chi connectivity index (χ3n) is 6.73. The van der Waals surface area contributed by atoms with Crippen LogP contribution in [0, 0.1) is 5.82 Å². The van der Waals surface area contributed by atoms with Crippen LogP contribution in [0.5, 0.6) is 0 Å². The molecule has 0 bridgehead atoms. The van der Waals surface area contributed by atoms with E-state index in [-0.39, 0.29) is 43.6 Å². The molecule has 4 amide bonds. The number of rotatable bonds is 7. The van der Waals surface area contributed by atoms with E-state index in [1.54, 1.807) is 19.2 Å². The fraction of sp³-hybridized carbons (Fsp3) is 0.423. The molecule has 0 saturated carbocycles. The summed E-state index contributed by atoms with van der Waals surface area (Å²) in [5, 5.41) is 5.61. The van der Waals surface area contributed by atoms with Gasteiger partial charge in [0.1, 0.15) is 18.0 Å². The van der Waals surface area contributed by atoms with Crippen molar-refractivity contribution < 1.29 is 31.9 Å². The molecule has 2 atom stereocenters. The summed E-state index contributed by atoms with van der Waals surface area (Å²) in [5.41, 5.74) is 0.137. The number of thioether (sulfide) groups is 1. The molecule has 0 unspecified atom stereocenters. The number of urea groups is 1. The van der Waals surface area contributed by atoms with E-state index >= 15 is 0 Å². The second-order valence-electron chi connectivity index (χ2n) is 9.44. The van der Waals surface area contributed by atoms with E-state index in [1.807, 2.05) is 6.26 Å². The number of hydrazine groups is 1. The smallest absolute Gasteiger partial charge is 0.333 e. The molecule has 2 aliphatic heterocycles. The molecule has 8 nitrogen and oxygen atoms in total. The number of halogens is 4. The molecule has 2 saturated heterocycles. The predicted molar refractivity (Wildman–Crippen MR) is 137 cm³/mol. The first-order valence-electron chi connectivity index (χ1n) is 12.3. The van der Waals surface area contributed by atoms with E-state index in [4.69, 9.17) is 0 Å². The molecule has 39 heavy (non-hydrogen) atoms. The van der Waals surface area contributed by atoms with Crippen molar-refractivity contribution in [1.29, 1.82) is 0 Å². The summed E-state index contributed by atoms with van der Waals surface area (Å²) in [4.78, 5) is 42.9. The van der Waals surface area contributed by atoms with Gasteiger partial charge in [-0.3, -0.25) is 9.59 Å². The average molecular weight is 568 g/mol. The molecule has 0 radical (unpaired) electrons. The molecule has 0 aliphatic carbocycles. The summed E-state index contributed by atoms with van der Waals surface area (Å²) >= 11 is 1.50. The standard InChI is InChI=1S/C26H29F4N5O3S/c1-32-16-23(36)34-21(10-11-39-2)24(37)33(14-18-4-3-5-19(12-18)26(28,29)30)15-22(34)35(32)25(38)31-13-17-6-8-20(27)9-7-17/h3-9,12,21-22H,10-11,13-16H2,1-2H3,(H,31,38)/t21-,22-/m0/s1. The first-order valence-corrected chi connectivity index (χ1v) is 13.7. The minimum absolute atomic E-state index is 0.0785. The Balaban J connectivity index is 1.60. The van der Waals surface area contributed by atoms with Crippen molar-refractivity contribution in [1.82, 2.24) is 25.1 Å². The van der Waals surface area contributed by atoms with Crippen molar-refractivity contribution in [3.8, 4) is 0 Å². The zero-order valence-electron chi connectivity index (χ0n) is 21.4. The largest absolute Gasteiger partial charge is 0.416 e. The number of carbonyl (C=O) groups excluding carboxylic acids is 3. The number of hydrogen-bond donors (Lipinski definition) is 1. The van der Waals surface area contributed by atoms with Crippen LogP contribution in [-0.2, 0) is 28.9 Å². The van der Waals surface area contributed by atoms with Gasteiger partial charge >= 0.3 is 12.2 Å². The number of piperazine rings is 1. The summed E-state index contributed by atoms with van der Waals surface area (Å²) in [6.07, 6.45) is -3.19. The molecule has 2 aromatic rings. The fourth-order valence-corrected chi connectivity index (χ4v) is 5.34. The molecular weight excluding hydrogens is 538 g/mol. The summed E-state index contributed by atoms with van der Waals surface area (Å²) in [7, 11) is 1.58. The molecular formula is C26H29F4N5O3S. The van der Waals surface area contributed by atoms with Gasteiger partial charge in [-0.05, 0) is 53.8 Å². The number of alkyl halides is 3. The topological polar surface area (TPSA) is 76.2 Å². The van der Waals surface area contributed by atoms with Gasteiger partial charge in [0.05, 0.1) is 18.7 Å². The SMILES string of the molecule is CSCC[C@H]1C(=O)N(Cc2cccc(C(F)(F)F)c2)C[C@H]2N1C(=O)CN(C)N2C(=O)NCc1ccc(F)cc1. The van der Waals surface area contributed by atoms with Crippen molar-refractivity contribution >= 4 is 29.6 Å². The van der Waals surface area contributed by atoms with Gasteiger partial charge < -0.3 is 15.1 Å². The molecule has 2 aliphatic rings. The number of hydrogen-bond acceptors (Lipinski definition) is 5. The highest BCUT2D eigenvalue weighted by Gasteiger charge is 2.50. The normalized spacial score (nSPS) is 20.3. The van der Waals surface area contributed by atoms with Crippen molar-refractivity contribution in [2.24, 2.45) is 0 Å². The Morgan fingerprint density at radius 3 is 2.49 bits per heavy atom. The van der Waals surface area contributed by atoms with Gasteiger partial charge in [-0.2, -0.15) is 24.9 Å². The Morgan fingerprint density at radius 1 is 1.10 bits per heavy atom. The first kappa shape index (κ1) is 28.7. The summed E-state index contributed by atoms with van der Waals surface area (Å²) in [5.74, 6) is -0.527. The molecule has 2 heterocycles. The van der Waals surface area contributed by atoms with Crippen molar-refractivity contribution in [2.75, 3.05) is 32.1 Å². The monoisotopic (exact) mass is 567 g/mol. The van der Waals surface area contributed by atoms with Crippen molar-refractivity contribution in [3.05, 3.63) is 71.0 Å². The van der Waals surface area contributed by atoms with Gasteiger partial charge in [-0.15, -0.1) is 0 Å². The van der Waals surface area contributed by atoms with E-state index in [0.29, 0.717) is 17.7 Å². The highest BCUT2D eigenvalue weighted by Crippen LogP contribution is 2.32. The van der Waals surface area contributed by atoms with Crippen LogP contribution in [0.15, 0.2) is 48.5 Å². The maximum Gasteiger partial charge on any atom is 0.416 e. The van der Waals surface area contributed by atoms with E-state index < -0.39 is 35.8 Å². The number of likely N-dealkylation sites (N-methyl/N-ethyl adjacent to an activating group) is 1. The van der Waals surface area contributed by atoms with Gasteiger partial charge in [0, 0.05) is 20.1 Å². The first-order chi connectivity index (χ1) is 18.5. The van der Waals surface area contributed by atoms with Gasteiger partial charge in [0.2, 0.25) is 11.8 Å². The summed E-state index contributed by atoms with van der Waals surface area (Å²) in [6.45, 7) is -0.208. The van der Waals surface area contributed by atoms with Gasteiger partial charge in [0.25, 0.3) is 0 Å². The fourth-order valence-electron chi connectivity index (χ4n) is 4.88. The highest BCUT2D eigenvalue weighted by atomic mass is 32.2. The Kier molecular flexibility index (Phi) is 8.70. The van der Waals surface area contributed by atoms with Crippen LogP contribution in [0.3, 0.4) is 0 Å². The number of benzene rings is 2. The Morgan fingerprint density at radius 2 is 1.82 bits per heavy atom. The van der Waals surface area contributed by atoms with Crippen LogP contribution in [0.4, 0.5) is 22.4 Å². The molecule has 13 heteroatoms. The lowest BCUT2D eigenvalue weighted by atomic mass is 10.0. The Bertz CT molecular complexity index is 1210. The second-order valence-corrected chi connectivity index (χ2v) is 10.4. The number of nitrogens with zero attached hydrogens (tertiary/aromatic N) is 4. The van der Waals surface area contributed by atoms with Crippen molar-refractivity contribution in [2.45, 2.75) is 37.9 Å². The Hall–Kier alpha value is -3.32. The van der Waals surface area contributed by atoms with E-state index in [9.17, 15) is 31.9 Å². The lowest BCUT2D eigenvalue weighted by molar-refractivity contribution is -0.187. The number of amides is 4. The predicted octanol–water partition coefficient (Wildman–Crippen LogP) is 3.54. The van der Waals surface area contributed by atoms with Crippen LogP contribution in [-0.4, -0.2) is 82.0 Å². The van der Waals surface area contributed by atoms with E-state index in [2.05, 4.69) is 5.32 Å². The number of fused-ring (bicyclic) bond motifs is 1. The van der Waals surface area contributed by atoms with Crippen LogP contribution in [0.2, 0.25) is 0 Å². The number of carbonyl (C=O) groups is 3. The third-order valence-corrected chi connectivity index (χ3v) is 7.37. The minimum atomic E-state index is -4.53. The van der Waals surface area contributed by atoms with Gasteiger partial charge in [-0.25, -0.2) is 19.2 Å². The quantitative estimate of drug-likeness (QED) is 0.519. The highest BCUT2D eigenvalue weighted by molar-refractivity contribution is 7.98. The van der Waals surface area contributed by atoms with E-state index in [1.165, 1.54) is 55.8 Å². The molecule has 4 rings (SSSR count). The molecule has 210 valence electrons. The maximum atomic E-state index is 13.6. The Labute approximate surface area is 227 Å². The minimum Gasteiger partial charge on any atom is -0.333 e. The van der Waals surface area contributed by atoms with Crippen LogP contribution in [0.1, 0.15) is 23.1 Å². The van der Waals surface area contributed by atoms with Crippen LogP contribution >= 0.6 is 11.8 Å². The second kappa shape index (κ2) is 11.8. The third kappa shape index (κ3) is 6.47. The van der Waals surface area contributed by atoms with Crippen molar-refractivity contribution in [3.63, 3.8) is 0 Å². The lowest BCUT2D eigenvalue weighted by Gasteiger charge is -2.54. The molecule has 1 N–H and O–H groups in total. The van der Waals surface area contributed by atoms with Crippen LogP contribution in [0.25, 0.3) is 0 Å². The molecule has 2 aromatic carbocycles. The van der Waals surface area contributed by atoms with Gasteiger partial charge in [-0.1, -0.05) is 24.3 Å². The maximum absolute atomic E-state index is 13.6. The van der Waals surface area contributed by atoms with Crippen LogP contribution < -0.4 is 5.32 Å². The average Bonchev–Trinajstić information content (AvgIpc) is 2.88.